The molecule has 4 heteroatoms. The maximum Gasteiger partial charge on any atom is 0.221 e. The molecule has 0 atom stereocenters. The molecule has 1 amide bonds. The molecule has 0 saturated heterocycles. The first-order chi connectivity index (χ1) is 7.31. The molecule has 0 spiro atoms. The van der Waals surface area contributed by atoms with Gasteiger partial charge in [-0.2, -0.15) is 0 Å². The molecule has 1 heterocycles. The highest BCUT2D eigenvalue weighted by molar-refractivity contribution is 7.09. The average Bonchev–Trinajstić information content (AvgIpc) is 2.49. The number of rotatable bonds is 4. The summed E-state index contributed by atoms with van der Waals surface area (Å²) in [5.74, 6) is 0.474. The number of nitrogens with zero attached hydrogens (tertiary/aromatic N) is 1. The second-order valence-corrected chi connectivity index (χ2v) is 5.92. The topological polar surface area (TPSA) is 42.0 Å². The standard InChI is InChI=1S/C12H20N2OS/c1-8(2)6-10(15)14-12(4,5)11-13-9(3)7-16-11/h7-8H,6H2,1-5H3,(H,14,15). The van der Waals surface area contributed by atoms with Crippen molar-refractivity contribution in [3.8, 4) is 0 Å². The Morgan fingerprint density at radius 1 is 1.56 bits per heavy atom. The first-order valence-corrected chi connectivity index (χ1v) is 6.43. The van der Waals surface area contributed by atoms with E-state index in [-0.39, 0.29) is 11.4 Å². The summed E-state index contributed by atoms with van der Waals surface area (Å²) in [5.41, 5.74) is 0.636. The Hall–Kier alpha value is -0.900. The minimum Gasteiger partial charge on any atom is -0.345 e. The fourth-order valence-corrected chi connectivity index (χ4v) is 2.34. The summed E-state index contributed by atoms with van der Waals surface area (Å²) in [6.45, 7) is 10.0. The van der Waals surface area contributed by atoms with Crippen LogP contribution >= 0.6 is 11.3 Å². The van der Waals surface area contributed by atoms with Crippen molar-refractivity contribution in [2.75, 3.05) is 0 Å². The van der Waals surface area contributed by atoms with Gasteiger partial charge < -0.3 is 5.32 Å². The Labute approximate surface area is 101 Å². The van der Waals surface area contributed by atoms with Crippen LogP contribution in [-0.4, -0.2) is 10.9 Å². The Kier molecular flexibility index (Phi) is 4.08. The molecule has 0 aliphatic rings. The summed E-state index contributed by atoms with van der Waals surface area (Å²) in [6.07, 6.45) is 0.563. The molecule has 1 rings (SSSR count). The molecule has 0 fully saturated rings. The second-order valence-electron chi connectivity index (χ2n) is 5.07. The Morgan fingerprint density at radius 2 is 2.19 bits per heavy atom. The smallest absolute Gasteiger partial charge is 0.221 e. The second kappa shape index (κ2) is 4.95. The Morgan fingerprint density at radius 3 is 2.62 bits per heavy atom. The zero-order chi connectivity index (χ0) is 12.3. The number of nitrogens with one attached hydrogen (secondary N) is 1. The van der Waals surface area contributed by atoms with E-state index in [1.54, 1.807) is 11.3 Å². The lowest BCUT2D eigenvalue weighted by Crippen LogP contribution is -2.41. The van der Waals surface area contributed by atoms with Gasteiger partial charge in [-0.1, -0.05) is 13.8 Å². The van der Waals surface area contributed by atoms with Crippen LogP contribution in [-0.2, 0) is 10.3 Å². The number of aryl methyl sites for hydroxylation is 1. The van der Waals surface area contributed by atoms with Crippen LogP contribution in [0.25, 0.3) is 0 Å². The molecule has 90 valence electrons. The van der Waals surface area contributed by atoms with Gasteiger partial charge in [0.25, 0.3) is 0 Å². The van der Waals surface area contributed by atoms with Crippen LogP contribution in [0.3, 0.4) is 0 Å². The molecule has 0 saturated carbocycles. The van der Waals surface area contributed by atoms with Crippen molar-refractivity contribution < 1.29 is 4.79 Å². The van der Waals surface area contributed by atoms with Crippen LogP contribution in [0.15, 0.2) is 5.38 Å². The minimum atomic E-state index is -0.370. The highest BCUT2D eigenvalue weighted by Gasteiger charge is 2.25. The van der Waals surface area contributed by atoms with Gasteiger partial charge >= 0.3 is 0 Å². The van der Waals surface area contributed by atoms with Gasteiger partial charge in [-0.25, -0.2) is 4.98 Å². The lowest BCUT2D eigenvalue weighted by molar-refractivity contribution is -0.123. The molecule has 0 unspecified atom stereocenters. The van der Waals surface area contributed by atoms with E-state index in [2.05, 4.69) is 10.3 Å². The molecule has 1 aromatic rings. The summed E-state index contributed by atoms with van der Waals surface area (Å²) in [5, 5.41) is 5.99. The van der Waals surface area contributed by atoms with E-state index in [4.69, 9.17) is 0 Å². The number of amides is 1. The average molecular weight is 240 g/mol. The number of hydrogen-bond acceptors (Lipinski definition) is 3. The highest BCUT2D eigenvalue weighted by Crippen LogP contribution is 2.23. The summed E-state index contributed by atoms with van der Waals surface area (Å²) in [4.78, 5) is 16.1. The molecule has 3 nitrogen and oxygen atoms in total. The zero-order valence-corrected chi connectivity index (χ0v) is 11.4. The van der Waals surface area contributed by atoms with Crippen molar-refractivity contribution in [1.29, 1.82) is 0 Å². The van der Waals surface area contributed by atoms with Crippen LogP contribution in [0.1, 0.15) is 44.8 Å². The third kappa shape index (κ3) is 3.59. The van der Waals surface area contributed by atoms with Gasteiger partial charge in [-0.3, -0.25) is 4.79 Å². The summed E-state index contributed by atoms with van der Waals surface area (Å²) in [7, 11) is 0. The van der Waals surface area contributed by atoms with Gasteiger partial charge in [-0.05, 0) is 26.7 Å². The SMILES string of the molecule is Cc1csc(C(C)(C)NC(=O)CC(C)C)n1. The fourth-order valence-electron chi connectivity index (χ4n) is 1.46. The predicted octanol–water partition coefficient (Wildman–Crippen LogP) is 2.85. The summed E-state index contributed by atoms with van der Waals surface area (Å²) >= 11 is 1.59. The van der Waals surface area contributed by atoms with Crippen molar-refractivity contribution in [2.45, 2.75) is 46.6 Å². The van der Waals surface area contributed by atoms with Crippen molar-refractivity contribution in [1.82, 2.24) is 10.3 Å². The van der Waals surface area contributed by atoms with Gasteiger partial charge in [0.1, 0.15) is 5.01 Å². The normalized spacial score (nSPS) is 11.9. The quantitative estimate of drug-likeness (QED) is 0.879. The fraction of sp³-hybridized carbons (Fsp3) is 0.667. The van der Waals surface area contributed by atoms with Crippen molar-refractivity contribution in [3.63, 3.8) is 0 Å². The molecule has 0 aromatic carbocycles. The van der Waals surface area contributed by atoms with Crippen molar-refractivity contribution in [3.05, 3.63) is 16.1 Å². The molecular weight excluding hydrogens is 220 g/mol. The van der Waals surface area contributed by atoms with Crippen LogP contribution in [0.2, 0.25) is 0 Å². The summed E-state index contributed by atoms with van der Waals surface area (Å²) in [6, 6.07) is 0. The van der Waals surface area contributed by atoms with Crippen LogP contribution in [0.4, 0.5) is 0 Å². The lowest BCUT2D eigenvalue weighted by atomic mass is 10.0. The van der Waals surface area contributed by atoms with Gasteiger partial charge in [0.15, 0.2) is 0 Å². The van der Waals surface area contributed by atoms with Gasteiger partial charge in [-0.15, -0.1) is 11.3 Å². The van der Waals surface area contributed by atoms with E-state index >= 15 is 0 Å². The number of thiazole rings is 1. The van der Waals surface area contributed by atoms with E-state index < -0.39 is 0 Å². The monoisotopic (exact) mass is 240 g/mol. The number of hydrogen-bond donors (Lipinski definition) is 1. The third-order valence-corrected chi connectivity index (χ3v) is 3.48. The van der Waals surface area contributed by atoms with Gasteiger partial charge in [0.05, 0.1) is 5.54 Å². The van der Waals surface area contributed by atoms with Crippen LogP contribution in [0.5, 0.6) is 0 Å². The zero-order valence-electron chi connectivity index (χ0n) is 10.6. The number of carbonyl (C=O) groups is 1. The number of carbonyl (C=O) groups excluding carboxylic acids is 1. The highest BCUT2D eigenvalue weighted by atomic mass is 32.1. The Bertz CT molecular complexity index is 369. The number of aromatic nitrogens is 1. The minimum absolute atomic E-state index is 0.0906. The maximum atomic E-state index is 11.7. The summed E-state index contributed by atoms with van der Waals surface area (Å²) < 4.78 is 0. The predicted molar refractivity (Wildman–Crippen MR) is 67.5 cm³/mol. The first kappa shape index (κ1) is 13.2. The molecule has 0 radical (unpaired) electrons. The first-order valence-electron chi connectivity index (χ1n) is 5.55. The van der Waals surface area contributed by atoms with E-state index in [9.17, 15) is 4.79 Å². The lowest BCUT2D eigenvalue weighted by Gasteiger charge is -2.24. The molecule has 1 N–H and O–H groups in total. The molecule has 0 aliphatic carbocycles. The largest absolute Gasteiger partial charge is 0.345 e. The molecule has 0 bridgehead atoms. The van der Waals surface area contributed by atoms with E-state index in [1.807, 2.05) is 40.0 Å². The van der Waals surface area contributed by atoms with Crippen molar-refractivity contribution >= 4 is 17.2 Å². The van der Waals surface area contributed by atoms with E-state index in [0.29, 0.717) is 12.3 Å². The van der Waals surface area contributed by atoms with Crippen LogP contribution in [0, 0.1) is 12.8 Å². The molecule has 16 heavy (non-hydrogen) atoms. The molecular formula is C12H20N2OS. The maximum absolute atomic E-state index is 11.7. The van der Waals surface area contributed by atoms with E-state index in [0.717, 1.165) is 10.7 Å². The van der Waals surface area contributed by atoms with Crippen LogP contribution < -0.4 is 5.32 Å². The Balaban J connectivity index is 2.68. The third-order valence-electron chi connectivity index (χ3n) is 2.20. The van der Waals surface area contributed by atoms with Crippen molar-refractivity contribution in [2.24, 2.45) is 5.92 Å². The van der Waals surface area contributed by atoms with Gasteiger partial charge in [0, 0.05) is 17.5 Å². The van der Waals surface area contributed by atoms with E-state index in [1.165, 1.54) is 0 Å². The molecule has 0 aliphatic heterocycles. The van der Waals surface area contributed by atoms with Gasteiger partial charge in [0.2, 0.25) is 5.91 Å². The molecule has 1 aromatic heterocycles.